The van der Waals surface area contributed by atoms with Crippen LogP contribution in [0.2, 0.25) is 0 Å². The Morgan fingerprint density at radius 3 is 2.94 bits per heavy atom. The number of amides is 1. The molecule has 0 saturated carbocycles. The van der Waals surface area contributed by atoms with E-state index in [1.165, 1.54) is 0 Å². The molecule has 1 rings (SSSR count). The molecule has 0 saturated heterocycles. The second-order valence-electron chi connectivity index (χ2n) is 3.44. The maximum Gasteiger partial charge on any atom is 0.223 e. The van der Waals surface area contributed by atoms with Gasteiger partial charge < -0.3 is 15.8 Å². The number of hydrogen-bond acceptors (Lipinski definition) is 3. The second-order valence-corrected chi connectivity index (χ2v) is 3.88. The lowest BCUT2D eigenvalue weighted by Gasteiger charge is -2.07. The van der Waals surface area contributed by atoms with Crippen molar-refractivity contribution in [3.05, 3.63) is 29.8 Å². The second kappa shape index (κ2) is 6.85. The third-order valence-electron chi connectivity index (χ3n) is 2.09. The monoisotopic (exact) mass is 252 g/mol. The predicted molar refractivity (Wildman–Crippen MR) is 71.1 cm³/mol. The van der Waals surface area contributed by atoms with Gasteiger partial charge in [-0.3, -0.25) is 4.79 Å². The van der Waals surface area contributed by atoms with Gasteiger partial charge in [0.1, 0.15) is 10.7 Å². The molecule has 92 valence electrons. The molecule has 5 heteroatoms. The van der Waals surface area contributed by atoms with E-state index in [9.17, 15) is 4.79 Å². The molecule has 0 bridgehead atoms. The van der Waals surface area contributed by atoms with E-state index in [1.807, 2.05) is 19.1 Å². The first-order chi connectivity index (χ1) is 8.13. The minimum Gasteiger partial charge on any atom is -0.493 e. The SMILES string of the molecule is CCNC(=O)CCOc1cccc(C(N)=S)c1. The fraction of sp³-hybridized carbons (Fsp3) is 0.333. The maximum absolute atomic E-state index is 11.2. The maximum atomic E-state index is 11.2. The summed E-state index contributed by atoms with van der Waals surface area (Å²) in [6.07, 6.45) is 0.338. The van der Waals surface area contributed by atoms with Gasteiger partial charge in [0.05, 0.1) is 13.0 Å². The number of thiocarbonyl (C=S) groups is 1. The predicted octanol–water partition coefficient (Wildman–Crippen LogP) is 1.23. The minimum absolute atomic E-state index is 0.0157. The molecular weight excluding hydrogens is 236 g/mol. The molecular formula is C12H16N2O2S. The summed E-state index contributed by atoms with van der Waals surface area (Å²) >= 11 is 4.87. The first kappa shape index (κ1) is 13.4. The summed E-state index contributed by atoms with van der Waals surface area (Å²) in [6, 6.07) is 7.20. The van der Waals surface area contributed by atoms with Crippen LogP contribution in [-0.2, 0) is 4.79 Å². The number of benzene rings is 1. The molecule has 1 aromatic carbocycles. The van der Waals surface area contributed by atoms with Crippen molar-refractivity contribution in [1.29, 1.82) is 0 Å². The molecule has 0 radical (unpaired) electrons. The Balaban J connectivity index is 2.44. The van der Waals surface area contributed by atoms with Gasteiger partial charge in [-0.15, -0.1) is 0 Å². The van der Waals surface area contributed by atoms with Crippen molar-refractivity contribution < 1.29 is 9.53 Å². The first-order valence-electron chi connectivity index (χ1n) is 5.43. The number of carbonyl (C=O) groups is 1. The zero-order chi connectivity index (χ0) is 12.7. The Labute approximate surface area is 106 Å². The Hall–Kier alpha value is -1.62. The molecule has 0 spiro atoms. The van der Waals surface area contributed by atoms with Crippen molar-refractivity contribution in [2.75, 3.05) is 13.2 Å². The quantitative estimate of drug-likeness (QED) is 0.747. The average Bonchev–Trinajstić information content (AvgIpc) is 2.30. The lowest BCUT2D eigenvalue weighted by Crippen LogP contribution is -2.24. The topological polar surface area (TPSA) is 64.3 Å². The normalized spacial score (nSPS) is 9.71. The van der Waals surface area contributed by atoms with Crippen LogP contribution in [0.15, 0.2) is 24.3 Å². The van der Waals surface area contributed by atoms with Gasteiger partial charge in [0.25, 0.3) is 0 Å². The highest BCUT2D eigenvalue weighted by atomic mass is 32.1. The summed E-state index contributed by atoms with van der Waals surface area (Å²) in [5.74, 6) is 0.651. The summed E-state index contributed by atoms with van der Waals surface area (Å²) in [5, 5.41) is 2.70. The molecule has 0 unspecified atom stereocenters. The number of nitrogens with two attached hydrogens (primary N) is 1. The number of rotatable bonds is 6. The van der Waals surface area contributed by atoms with Gasteiger partial charge in [0.15, 0.2) is 0 Å². The van der Waals surface area contributed by atoms with Crippen LogP contribution < -0.4 is 15.8 Å². The molecule has 0 aromatic heterocycles. The molecule has 0 heterocycles. The van der Waals surface area contributed by atoms with Gasteiger partial charge in [-0.1, -0.05) is 24.4 Å². The van der Waals surface area contributed by atoms with Crippen molar-refractivity contribution in [2.24, 2.45) is 5.73 Å². The molecule has 4 nitrogen and oxygen atoms in total. The van der Waals surface area contributed by atoms with Crippen molar-refractivity contribution >= 4 is 23.1 Å². The smallest absolute Gasteiger partial charge is 0.223 e. The van der Waals surface area contributed by atoms with Crippen molar-refractivity contribution in [3.8, 4) is 5.75 Å². The fourth-order valence-electron chi connectivity index (χ4n) is 1.29. The molecule has 0 aliphatic heterocycles. The van der Waals surface area contributed by atoms with Crippen LogP contribution in [0.25, 0.3) is 0 Å². The van der Waals surface area contributed by atoms with Gasteiger partial charge in [0.2, 0.25) is 5.91 Å². The Morgan fingerprint density at radius 2 is 2.29 bits per heavy atom. The van der Waals surface area contributed by atoms with Crippen molar-refractivity contribution in [3.63, 3.8) is 0 Å². The van der Waals surface area contributed by atoms with E-state index in [-0.39, 0.29) is 5.91 Å². The number of carbonyl (C=O) groups excluding carboxylic acids is 1. The standard InChI is InChI=1S/C12H16N2O2S/c1-2-14-11(15)6-7-16-10-5-3-4-9(8-10)12(13)17/h3-5,8H,2,6-7H2,1H3,(H2,13,17)(H,14,15). The summed E-state index contributed by atoms with van der Waals surface area (Å²) < 4.78 is 5.44. The van der Waals surface area contributed by atoms with Gasteiger partial charge in [-0.05, 0) is 19.1 Å². The molecule has 0 atom stereocenters. The molecule has 1 aromatic rings. The average molecular weight is 252 g/mol. The Bertz CT molecular complexity index is 407. The third-order valence-corrected chi connectivity index (χ3v) is 2.33. The number of hydrogen-bond donors (Lipinski definition) is 2. The zero-order valence-electron chi connectivity index (χ0n) is 9.73. The van der Waals surface area contributed by atoms with Crippen LogP contribution >= 0.6 is 12.2 Å². The van der Waals surface area contributed by atoms with E-state index >= 15 is 0 Å². The molecule has 0 aliphatic carbocycles. The Kier molecular flexibility index (Phi) is 5.42. The summed E-state index contributed by atoms with van der Waals surface area (Å²) in [6.45, 7) is 2.85. The van der Waals surface area contributed by atoms with Crippen LogP contribution in [0.3, 0.4) is 0 Å². The molecule has 1 amide bonds. The van der Waals surface area contributed by atoms with E-state index in [4.69, 9.17) is 22.7 Å². The van der Waals surface area contributed by atoms with Crippen LogP contribution in [0.1, 0.15) is 18.9 Å². The third kappa shape index (κ3) is 4.82. The van der Waals surface area contributed by atoms with E-state index in [0.717, 1.165) is 5.56 Å². The van der Waals surface area contributed by atoms with Crippen LogP contribution in [0.5, 0.6) is 5.75 Å². The van der Waals surface area contributed by atoms with Gasteiger partial charge in [-0.2, -0.15) is 0 Å². The van der Waals surface area contributed by atoms with E-state index in [2.05, 4.69) is 5.32 Å². The highest BCUT2D eigenvalue weighted by molar-refractivity contribution is 7.80. The van der Waals surface area contributed by atoms with E-state index < -0.39 is 0 Å². The highest BCUT2D eigenvalue weighted by Gasteiger charge is 2.02. The summed E-state index contributed by atoms with van der Waals surface area (Å²) in [4.78, 5) is 11.5. The van der Waals surface area contributed by atoms with Crippen LogP contribution in [0.4, 0.5) is 0 Å². The van der Waals surface area contributed by atoms with Crippen molar-refractivity contribution in [2.45, 2.75) is 13.3 Å². The molecule has 0 aliphatic rings. The largest absolute Gasteiger partial charge is 0.493 e. The molecule has 3 N–H and O–H groups in total. The van der Waals surface area contributed by atoms with Crippen LogP contribution in [0, 0.1) is 0 Å². The lowest BCUT2D eigenvalue weighted by molar-refractivity contribution is -0.121. The summed E-state index contributed by atoms with van der Waals surface area (Å²) in [5.41, 5.74) is 6.27. The van der Waals surface area contributed by atoms with Crippen molar-refractivity contribution in [1.82, 2.24) is 5.32 Å². The number of ether oxygens (including phenoxy) is 1. The number of nitrogens with one attached hydrogen (secondary N) is 1. The molecule has 17 heavy (non-hydrogen) atoms. The van der Waals surface area contributed by atoms with Crippen LogP contribution in [-0.4, -0.2) is 24.0 Å². The minimum atomic E-state index is -0.0157. The highest BCUT2D eigenvalue weighted by Crippen LogP contribution is 2.13. The first-order valence-corrected chi connectivity index (χ1v) is 5.83. The van der Waals surface area contributed by atoms with E-state index in [1.54, 1.807) is 12.1 Å². The summed E-state index contributed by atoms with van der Waals surface area (Å²) in [7, 11) is 0. The Morgan fingerprint density at radius 1 is 1.53 bits per heavy atom. The van der Waals surface area contributed by atoms with Gasteiger partial charge >= 0.3 is 0 Å². The fourth-order valence-corrected chi connectivity index (χ4v) is 1.41. The van der Waals surface area contributed by atoms with Gasteiger partial charge in [0, 0.05) is 12.1 Å². The zero-order valence-corrected chi connectivity index (χ0v) is 10.5. The lowest BCUT2D eigenvalue weighted by atomic mass is 10.2. The molecule has 0 fully saturated rings. The van der Waals surface area contributed by atoms with Gasteiger partial charge in [-0.25, -0.2) is 0 Å². The van der Waals surface area contributed by atoms with E-state index in [0.29, 0.717) is 30.3 Å².